The molecule has 6 nitrogen and oxygen atoms in total. The van der Waals surface area contributed by atoms with Gasteiger partial charge in [-0.05, 0) is 47.0 Å². The molecule has 2 fully saturated rings. The molecule has 4 heterocycles. The lowest BCUT2D eigenvalue weighted by Crippen LogP contribution is -2.53. The fourth-order valence-corrected chi connectivity index (χ4v) is 5.83. The molecule has 2 aliphatic rings. The minimum Gasteiger partial charge on any atom is -0.368 e. The van der Waals surface area contributed by atoms with Crippen LogP contribution < -0.4 is 5.32 Å². The van der Waals surface area contributed by atoms with Crippen LogP contribution in [-0.2, 0) is 20.7 Å². The van der Waals surface area contributed by atoms with Crippen LogP contribution in [0.5, 0.6) is 0 Å². The number of hydrogen-bond acceptors (Lipinski definition) is 6. The van der Waals surface area contributed by atoms with E-state index in [2.05, 4.69) is 5.32 Å². The highest BCUT2D eigenvalue weighted by molar-refractivity contribution is 7.13. The highest BCUT2D eigenvalue weighted by Crippen LogP contribution is 2.28. The molecule has 1 aromatic carbocycles. The van der Waals surface area contributed by atoms with Gasteiger partial charge >= 0.3 is 0 Å². The Bertz CT molecular complexity index is 1110. The number of Topliss-reactive ketones (excluding diaryl/α,β-unsaturated/α-hetero) is 1. The molecule has 2 amide bonds. The molecular weight excluding hydrogens is 444 g/mol. The molecule has 2 aromatic heterocycles. The Morgan fingerprint density at radius 2 is 1.88 bits per heavy atom. The molecule has 0 aliphatic carbocycles. The molecule has 0 saturated carbocycles. The number of nitrogens with zero attached hydrogens (tertiary/aromatic N) is 1. The largest absolute Gasteiger partial charge is 0.368 e. The molecule has 1 N–H and O–H groups in total. The van der Waals surface area contributed by atoms with Crippen LogP contribution in [0.1, 0.15) is 21.7 Å². The van der Waals surface area contributed by atoms with Crippen molar-refractivity contribution in [2.24, 2.45) is 0 Å². The Balaban J connectivity index is 1.34. The first-order valence-electron chi connectivity index (χ1n) is 10.5. The number of carbonyl (C=O) groups excluding carboxylic acids is 3. The summed E-state index contributed by atoms with van der Waals surface area (Å²) in [5.41, 5.74) is 1.54. The van der Waals surface area contributed by atoms with E-state index >= 15 is 0 Å². The third-order valence-corrected chi connectivity index (χ3v) is 7.75. The summed E-state index contributed by atoms with van der Waals surface area (Å²) < 4.78 is 5.52. The quantitative estimate of drug-likeness (QED) is 0.604. The Morgan fingerprint density at radius 3 is 2.59 bits per heavy atom. The lowest BCUT2D eigenvalue weighted by atomic mass is 10.1. The third-order valence-electron chi connectivity index (χ3n) is 5.94. The first-order chi connectivity index (χ1) is 15.6. The van der Waals surface area contributed by atoms with Crippen LogP contribution in [0.4, 0.5) is 0 Å². The molecule has 32 heavy (non-hydrogen) atoms. The van der Waals surface area contributed by atoms with E-state index < -0.39 is 12.1 Å². The Hall–Kier alpha value is -2.81. The molecule has 2 aliphatic heterocycles. The lowest BCUT2D eigenvalue weighted by molar-refractivity contribution is -0.138. The molecule has 8 heteroatoms. The number of benzene rings is 1. The fraction of sp³-hybridized carbons (Fsp3) is 0.292. The van der Waals surface area contributed by atoms with Gasteiger partial charge in [-0.1, -0.05) is 24.3 Å². The SMILES string of the molecule is O=C(NC(Cc1cccs1)C(=O)N1CCC2OCC(=O)C21)c1ccc(-c2cccs2)cc1. The number of thiophene rings is 2. The predicted molar refractivity (Wildman–Crippen MR) is 124 cm³/mol. The molecule has 3 unspecified atom stereocenters. The van der Waals surface area contributed by atoms with Gasteiger partial charge in [0.2, 0.25) is 5.91 Å². The van der Waals surface area contributed by atoms with Crippen LogP contribution in [0, 0.1) is 0 Å². The topological polar surface area (TPSA) is 75.7 Å². The molecule has 3 aromatic rings. The van der Waals surface area contributed by atoms with Crippen molar-refractivity contribution in [2.45, 2.75) is 31.0 Å². The summed E-state index contributed by atoms with van der Waals surface area (Å²) in [5, 5.41) is 6.88. The van der Waals surface area contributed by atoms with E-state index in [9.17, 15) is 14.4 Å². The van der Waals surface area contributed by atoms with Crippen LogP contribution in [0.15, 0.2) is 59.3 Å². The number of carbonyl (C=O) groups is 3. The second-order valence-corrected chi connectivity index (χ2v) is 9.93. The van der Waals surface area contributed by atoms with Crippen LogP contribution in [0.3, 0.4) is 0 Å². The van der Waals surface area contributed by atoms with Gasteiger partial charge in [0.25, 0.3) is 5.91 Å². The first-order valence-corrected chi connectivity index (χ1v) is 12.3. The second kappa shape index (κ2) is 8.97. The number of ketones is 1. The van der Waals surface area contributed by atoms with Crippen molar-refractivity contribution in [3.63, 3.8) is 0 Å². The van der Waals surface area contributed by atoms with E-state index in [1.54, 1.807) is 39.7 Å². The average molecular weight is 467 g/mol. The molecule has 5 rings (SSSR count). The molecule has 3 atom stereocenters. The molecule has 2 saturated heterocycles. The maximum Gasteiger partial charge on any atom is 0.251 e. The average Bonchev–Trinajstić information content (AvgIpc) is 3.60. The molecule has 0 radical (unpaired) electrons. The number of likely N-dealkylation sites (tertiary alicyclic amines) is 1. The van der Waals surface area contributed by atoms with Gasteiger partial charge in [-0.15, -0.1) is 22.7 Å². The van der Waals surface area contributed by atoms with E-state index in [1.165, 1.54) is 0 Å². The predicted octanol–water partition coefficient (Wildman–Crippen LogP) is 3.39. The third kappa shape index (κ3) is 4.13. The van der Waals surface area contributed by atoms with Crippen LogP contribution in [-0.4, -0.2) is 53.8 Å². The highest BCUT2D eigenvalue weighted by atomic mass is 32.1. The minimum atomic E-state index is -0.745. The molecular formula is C24H22N2O4S2. The van der Waals surface area contributed by atoms with Crippen LogP contribution in [0.25, 0.3) is 10.4 Å². The maximum atomic E-state index is 13.4. The van der Waals surface area contributed by atoms with E-state index in [-0.39, 0.29) is 30.3 Å². The normalized spacial score (nSPS) is 20.9. The maximum absolute atomic E-state index is 13.4. The van der Waals surface area contributed by atoms with E-state index in [0.29, 0.717) is 24.9 Å². The highest BCUT2D eigenvalue weighted by Gasteiger charge is 2.48. The van der Waals surface area contributed by atoms with E-state index in [0.717, 1.165) is 15.3 Å². The van der Waals surface area contributed by atoms with Gasteiger partial charge < -0.3 is 15.0 Å². The number of ether oxygens (including phenoxy) is 1. The van der Waals surface area contributed by atoms with Crippen molar-refractivity contribution in [2.75, 3.05) is 13.2 Å². The van der Waals surface area contributed by atoms with Crippen molar-refractivity contribution in [3.8, 4) is 10.4 Å². The number of rotatable bonds is 6. The van der Waals surface area contributed by atoms with E-state index in [4.69, 9.17) is 4.74 Å². The molecule has 0 spiro atoms. The van der Waals surface area contributed by atoms with Gasteiger partial charge in [-0.3, -0.25) is 14.4 Å². The minimum absolute atomic E-state index is 0.0532. The number of amides is 2. The van der Waals surface area contributed by atoms with Gasteiger partial charge in [0, 0.05) is 28.3 Å². The van der Waals surface area contributed by atoms with Crippen LogP contribution in [0.2, 0.25) is 0 Å². The smallest absolute Gasteiger partial charge is 0.251 e. The summed E-state index contributed by atoms with van der Waals surface area (Å²) in [7, 11) is 0. The Kier molecular flexibility index (Phi) is 5.91. The monoisotopic (exact) mass is 466 g/mol. The second-order valence-electron chi connectivity index (χ2n) is 7.95. The lowest BCUT2D eigenvalue weighted by Gasteiger charge is -2.27. The fourth-order valence-electron chi connectivity index (χ4n) is 4.34. The van der Waals surface area contributed by atoms with Crippen LogP contribution >= 0.6 is 22.7 Å². The summed E-state index contributed by atoms with van der Waals surface area (Å²) in [6.45, 7) is 0.518. The standard InChI is InChI=1S/C24H22N2O4S2/c27-19-14-30-20-9-10-26(22(19)20)24(29)18(13-17-3-1-11-31-17)25-23(28)16-7-5-15(6-8-16)21-4-2-12-32-21/h1-8,11-12,18,20,22H,9-10,13-14H2,(H,25,28). The van der Waals surface area contributed by atoms with Crippen molar-refractivity contribution in [1.29, 1.82) is 0 Å². The van der Waals surface area contributed by atoms with Gasteiger partial charge in [0.05, 0.1) is 6.10 Å². The zero-order chi connectivity index (χ0) is 22.1. The van der Waals surface area contributed by atoms with E-state index in [1.807, 2.05) is 47.2 Å². The Labute approximate surface area is 193 Å². The van der Waals surface area contributed by atoms with Crippen molar-refractivity contribution < 1.29 is 19.1 Å². The zero-order valence-electron chi connectivity index (χ0n) is 17.2. The summed E-state index contributed by atoms with van der Waals surface area (Å²) in [6.07, 6.45) is 0.805. The summed E-state index contributed by atoms with van der Waals surface area (Å²) in [6, 6.07) is 14.0. The number of nitrogens with one attached hydrogen (secondary N) is 1. The summed E-state index contributed by atoms with van der Waals surface area (Å²) in [5.74, 6) is -0.595. The van der Waals surface area contributed by atoms with Crippen molar-refractivity contribution >= 4 is 40.3 Å². The summed E-state index contributed by atoms with van der Waals surface area (Å²) in [4.78, 5) is 42.5. The van der Waals surface area contributed by atoms with Gasteiger partial charge in [-0.25, -0.2) is 0 Å². The molecule has 164 valence electrons. The van der Waals surface area contributed by atoms with Crippen molar-refractivity contribution in [1.82, 2.24) is 10.2 Å². The number of hydrogen-bond donors (Lipinski definition) is 1. The van der Waals surface area contributed by atoms with Gasteiger partial charge in [0.1, 0.15) is 18.7 Å². The first kappa shape index (κ1) is 21.1. The number of fused-ring (bicyclic) bond motifs is 1. The Morgan fingerprint density at radius 1 is 1.09 bits per heavy atom. The summed E-state index contributed by atoms with van der Waals surface area (Å²) >= 11 is 3.18. The molecule has 0 bridgehead atoms. The zero-order valence-corrected chi connectivity index (χ0v) is 18.9. The van der Waals surface area contributed by atoms with Crippen molar-refractivity contribution in [3.05, 3.63) is 69.7 Å². The van der Waals surface area contributed by atoms with Gasteiger partial charge in [0.15, 0.2) is 5.78 Å². The van der Waals surface area contributed by atoms with Gasteiger partial charge in [-0.2, -0.15) is 0 Å².